The molecule has 0 saturated carbocycles. The number of nitrogens with zero attached hydrogens (tertiary/aromatic N) is 2. The lowest BCUT2D eigenvalue weighted by Gasteiger charge is -2.20. The summed E-state index contributed by atoms with van der Waals surface area (Å²) in [5.41, 5.74) is 2.74. The molecule has 1 aliphatic heterocycles. The van der Waals surface area contributed by atoms with E-state index in [1.54, 1.807) is 18.4 Å². The van der Waals surface area contributed by atoms with Crippen molar-refractivity contribution in [3.63, 3.8) is 0 Å². The number of para-hydroxylation sites is 1. The fraction of sp³-hybridized carbons (Fsp3) is 0.500. The zero-order valence-corrected chi connectivity index (χ0v) is 11.2. The van der Waals surface area contributed by atoms with E-state index in [9.17, 15) is 4.21 Å². The average molecular weight is 253 g/mol. The summed E-state index contributed by atoms with van der Waals surface area (Å²) in [5.74, 6) is 0. The second kappa shape index (κ2) is 5.62. The molecular weight excluding hydrogens is 234 g/mol. The number of hydrogen-bond donors (Lipinski definition) is 1. The molecule has 5 heteroatoms. The van der Waals surface area contributed by atoms with Crippen LogP contribution in [-0.4, -0.2) is 42.2 Å². The van der Waals surface area contributed by atoms with E-state index in [1.165, 1.54) is 11.3 Å². The van der Waals surface area contributed by atoms with Gasteiger partial charge in [-0.3, -0.25) is 0 Å². The SMILES string of the molecule is CN(C)S(=O)NCCN1CCc2ccccc21. The first-order valence-corrected chi connectivity index (χ1v) is 6.95. The van der Waals surface area contributed by atoms with Crippen LogP contribution >= 0.6 is 0 Å². The number of anilines is 1. The molecule has 0 spiro atoms. The highest BCUT2D eigenvalue weighted by atomic mass is 32.2. The van der Waals surface area contributed by atoms with E-state index >= 15 is 0 Å². The van der Waals surface area contributed by atoms with Gasteiger partial charge in [-0.15, -0.1) is 0 Å². The van der Waals surface area contributed by atoms with Crippen molar-refractivity contribution in [3.8, 4) is 0 Å². The van der Waals surface area contributed by atoms with Crippen molar-refractivity contribution >= 4 is 16.9 Å². The van der Waals surface area contributed by atoms with Crippen LogP contribution in [0.15, 0.2) is 24.3 Å². The van der Waals surface area contributed by atoms with E-state index in [2.05, 4.69) is 33.9 Å². The van der Waals surface area contributed by atoms with Crippen LogP contribution in [-0.2, 0) is 17.6 Å². The highest BCUT2D eigenvalue weighted by Gasteiger charge is 2.17. The molecule has 1 heterocycles. The third-order valence-electron chi connectivity index (χ3n) is 2.92. The van der Waals surface area contributed by atoms with Crippen LogP contribution in [0, 0.1) is 0 Å². The molecule has 17 heavy (non-hydrogen) atoms. The molecule has 1 atom stereocenters. The first-order valence-electron chi connectivity index (χ1n) is 5.84. The Bertz CT molecular complexity index is 408. The van der Waals surface area contributed by atoms with Gasteiger partial charge < -0.3 is 4.90 Å². The molecule has 0 fully saturated rings. The van der Waals surface area contributed by atoms with Crippen LogP contribution in [0.4, 0.5) is 5.69 Å². The van der Waals surface area contributed by atoms with E-state index < -0.39 is 11.2 Å². The third kappa shape index (κ3) is 3.06. The standard InChI is InChI=1S/C12H19N3OS/c1-14(2)17(16)13-8-10-15-9-7-11-5-3-4-6-12(11)15/h3-6,13H,7-10H2,1-2H3. The number of benzene rings is 1. The van der Waals surface area contributed by atoms with Crippen molar-refractivity contribution in [3.05, 3.63) is 29.8 Å². The zero-order valence-electron chi connectivity index (χ0n) is 10.3. The second-order valence-electron chi connectivity index (χ2n) is 4.32. The number of hydrogen-bond acceptors (Lipinski definition) is 2. The molecule has 0 radical (unpaired) electrons. The summed E-state index contributed by atoms with van der Waals surface area (Å²) < 4.78 is 16.1. The third-order valence-corrected chi connectivity index (χ3v) is 4.04. The first kappa shape index (κ1) is 12.5. The van der Waals surface area contributed by atoms with E-state index in [-0.39, 0.29) is 0 Å². The van der Waals surface area contributed by atoms with Gasteiger partial charge in [0.15, 0.2) is 11.2 Å². The van der Waals surface area contributed by atoms with Gasteiger partial charge in [-0.25, -0.2) is 13.2 Å². The van der Waals surface area contributed by atoms with Crippen LogP contribution in [0.3, 0.4) is 0 Å². The Morgan fingerprint density at radius 3 is 2.94 bits per heavy atom. The van der Waals surface area contributed by atoms with Crippen molar-refractivity contribution in [2.24, 2.45) is 0 Å². The second-order valence-corrected chi connectivity index (χ2v) is 5.84. The summed E-state index contributed by atoms with van der Waals surface area (Å²) in [6, 6.07) is 8.50. The highest BCUT2D eigenvalue weighted by molar-refractivity contribution is 7.80. The Balaban J connectivity index is 1.84. The van der Waals surface area contributed by atoms with Crippen LogP contribution in [0.1, 0.15) is 5.56 Å². The number of nitrogens with one attached hydrogen (secondary N) is 1. The van der Waals surface area contributed by atoms with E-state index in [1.807, 2.05) is 0 Å². The quantitative estimate of drug-likeness (QED) is 0.842. The molecule has 0 saturated heterocycles. The molecule has 0 amide bonds. The van der Waals surface area contributed by atoms with E-state index in [0.29, 0.717) is 0 Å². The predicted octanol–water partition coefficient (Wildman–Crippen LogP) is 0.779. The summed E-state index contributed by atoms with van der Waals surface area (Å²) in [5, 5.41) is 0. The molecule has 1 N–H and O–H groups in total. The zero-order chi connectivity index (χ0) is 12.3. The summed E-state index contributed by atoms with van der Waals surface area (Å²) in [7, 11) is 3.60. The maximum absolute atomic E-state index is 11.5. The van der Waals surface area contributed by atoms with Gasteiger partial charge >= 0.3 is 0 Å². The van der Waals surface area contributed by atoms with E-state index in [4.69, 9.17) is 0 Å². The minimum atomic E-state index is -1.07. The Kier molecular flexibility index (Phi) is 4.15. The first-order chi connectivity index (χ1) is 8.18. The predicted molar refractivity (Wildman–Crippen MR) is 72.2 cm³/mol. The molecule has 4 nitrogen and oxygen atoms in total. The molecule has 2 rings (SSSR count). The summed E-state index contributed by atoms with van der Waals surface area (Å²) in [4.78, 5) is 2.34. The van der Waals surface area contributed by atoms with Gasteiger partial charge in [0.1, 0.15) is 0 Å². The highest BCUT2D eigenvalue weighted by Crippen LogP contribution is 2.26. The lowest BCUT2D eigenvalue weighted by atomic mass is 10.2. The normalized spacial score (nSPS) is 16.3. The smallest absolute Gasteiger partial charge is 0.169 e. The summed E-state index contributed by atoms with van der Waals surface area (Å²) in [6.07, 6.45) is 1.12. The lowest BCUT2D eigenvalue weighted by molar-refractivity contribution is 0.587. The van der Waals surface area contributed by atoms with Gasteiger partial charge in [0.05, 0.1) is 0 Å². The molecule has 1 unspecified atom stereocenters. The Morgan fingerprint density at radius 2 is 2.18 bits per heavy atom. The topological polar surface area (TPSA) is 35.6 Å². The van der Waals surface area contributed by atoms with Crippen molar-refractivity contribution < 1.29 is 4.21 Å². The van der Waals surface area contributed by atoms with Crippen molar-refractivity contribution in [2.75, 3.05) is 38.6 Å². The Labute approximate surface area is 105 Å². The minimum absolute atomic E-state index is 0.735. The Morgan fingerprint density at radius 1 is 1.41 bits per heavy atom. The summed E-state index contributed by atoms with van der Waals surface area (Å²) >= 11 is -1.07. The molecule has 0 bridgehead atoms. The van der Waals surface area contributed by atoms with Crippen LogP contribution < -0.4 is 9.62 Å². The van der Waals surface area contributed by atoms with Gasteiger partial charge in [0, 0.05) is 39.4 Å². The van der Waals surface area contributed by atoms with Crippen LogP contribution in [0.2, 0.25) is 0 Å². The largest absolute Gasteiger partial charge is 0.370 e. The van der Waals surface area contributed by atoms with Gasteiger partial charge in [0.25, 0.3) is 0 Å². The fourth-order valence-electron chi connectivity index (χ4n) is 2.04. The molecular formula is C12H19N3OS. The van der Waals surface area contributed by atoms with Crippen molar-refractivity contribution in [2.45, 2.75) is 6.42 Å². The van der Waals surface area contributed by atoms with Crippen LogP contribution in [0.25, 0.3) is 0 Å². The lowest BCUT2D eigenvalue weighted by Crippen LogP contribution is -2.36. The summed E-state index contributed by atoms with van der Waals surface area (Å²) in [6.45, 7) is 2.70. The minimum Gasteiger partial charge on any atom is -0.370 e. The Hall–Kier alpha value is -0.910. The fourth-order valence-corrected chi connectivity index (χ4v) is 2.56. The molecule has 0 aliphatic carbocycles. The van der Waals surface area contributed by atoms with Crippen LogP contribution in [0.5, 0.6) is 0 Å². The average Bonchev–Trinajstić information content (AvgIpc) is 2.72. The number of rotatable bonds is 5. The number of fused-ring (bicyclic) bond motifs is 1. The van der Waals surface area contributed by atoms with Gasteiger partial charge in [-0.05, 0) is 18.1 Å². The molecule has 1 aromatic rings. The van der Waals surface area contributed by atoms with Gasteiger partial charge in [0.2, 0.25) is 0 Å². The van der Waals surface area contributed by atoms with Crippen molar-refractivity contribution in [1.29, 1.82) is 0 Å². The van der Waals surface area contributed by atoms with Gasteiger partial charge in [-0.2, -0.15) is 0 Å². The van der Waals surface area contributed by atoms with Gasteiger partial charge in [-0.1, -0.05) is 18.2 Å². The maximum Gasteiger partial charge on any atom is 0.169 e. The van der Waals surface area contributed by atoms with Crippen molar-refractivity contribution in [1.82, 2.24) is 9.03 Å². The molecule has 1 aliphatic rings. The monoisotopic (exact) mass is 253 g/mol. The molecule has 94 valence electrons. The molecule has 1 aromatic carbocycles. The van der Waals surface area contributed by atoms with E-state index in [0.717, 1.165) is 26.1 Å². The maximum atomic E-state index is 11.5. The molecule has 0 aromatic heterocycles.